The van der Waals surface area contributed by atoms with Gasteiger partial charge in [-0.05, 0) is 25.0 Å². The number of benzene rings is 1. The first-order chi connectivity index (χ1) is 10.1. The molecule has 0 amide bonds. The van der Waals surface area contributed by atoms with Gasteiger partial charge in [-0.3, -0.25) is 4.79 Å². The Hall–Kier alpha value is -2.50. The normalized spacial score (nSPS) is 17.4. The Bertz CT molecular complexity index is 702. The zero-order valence-corrected chi connectivity index (χ0v) is 11.9. The number of hydrogen-bond acceptors (Lipinski definition) is 5. The Morgan fingerprint density at radius 2 is 2.00 bits per heavy atom. The highest BCUT2D eigenvalue weighted by atomic mass is 16.4. The van der Waals surface area contributed by atoms with Gasteiger partial charge in [-0.1, -0.05) is 24.3 Å². The van der Waals surface area contributed by atoms with E-state index in [1.807, 2.05) is 43.0 Å². The van der Waals surface area contributed by atoms with E-state index in [0.29, 0.717) is 19.0 Å². The molecule has 1 aliphatic rings. The lowest BCUT2D eigenvalue weighted by molar-refractivity contribution is -0.138. The minimum absolute atomic E-state index is 0.358. The van der Waals surface area contributed by atoms with Crippen LogP contribution < -0.4 is 4.90 Å². The molecule has 0 aliphatic carbocycles. The van der Waals surface area contributed by atoms with Crippen LogP contribution in [0.4, 0.5) is 5.95 Å². The summed E-state index contributed by atoms with van der Waals surface area (Å²) < 4.78 is 0. The SMILES string of the molecule is Cc1nnc(N2Cc3ccccc3C(C(=O)O)C2)nc1C. The number of nitrogens with zero attached hydrogens (tertiary/aromatic N) is 4. The number of aliphatic carboxylic acids is 1. The molecule has 1 aromatic heterocycles. The van der Waals surface area contributed by atoms with Gasteiger partial charge in [0.2, 0.25) is 5.95 Å². The number of anilines is 1. The third-order valence-electron chi connectivity index (χ3n) is 3.86. The van der Waals surface area contributed by atoms with Crippen molar-refractivity contribution in [3.8, 4) is 0 Å². The molecule has 3 rings (SSSR count). The highest BCUT2D eigenvalue weighted by Crippen LogP contribution is 2.30. The number of carboxylic acids is 1. The standard InChI is InChI=1S/C15H16N4O2/c1-9-10(2)17-18-15(16-9)19-7-11-5-3-4-6-12(11)13(8-19)14(20)21/h3-6,13H,7-8H2,1-2H3,(H,20,21). The van der Waals surface area contributed by atoms with Crippen LogP contribution in [0.3, 0.4) is 0 Å². The van der Waals surface area contributed by atoms with Crippen LogP contribution in [0.1, 0.15) is 28.4 Å². The molecule has 1 atom stereocenters. The molecule has 108 valence electrons. The summed E-state index contributed by atoms with van der Waals surface area (Å²) in [5, 5.41) is 17.6. The van der Waals surface area contributed by atoms with Crippen LogP contribution in [0.15, 0.2) is 24.3 Å². The molecular weight excluding hydrogens is 268 g/mol. The highest BCUT2D eigenvalue weighted by molar-refractivity contribution is 5.78. The van der Waals surface area contributed by atoms with Gasteiger partial charge in [0.25, 0.3) is 0 Å². The predicted octanol–water partition coefficient (Wildman–Crippen LogP) is 1.68. The van der Waals surface area contributed by atoms with Gasteiger partial charge >= 0.3 is 5.97 Å². The zero-order valence-electron chi connectivity index (χ0n) is 11.9. The number of aryl methyl sites for hydroxylation is 2. The topological polar surface area (TPSA) is 79.2 Å². The van der Waals surface area contributed by atoms with E-state index in [1.54, 1.807) is 0 Å². The molecule has 0 saturated heterocycles. The largest absolute Gasteiger partial charge is 0.481 e. The number of fused-ring (bicyclic) bond motifs is 1. The minimum atomic E-state index is -0.830. The van der Waals surface area contributed by atoms with Crippen molar-refractivity contribution in [1.82, 2.24) is 15.2 Å². The van der Waals surface area contributed by atoms with Gasteiger partial charge in [-0.2, -0.15) is 5.10 Å². The molecule has 1 unspecified atom stereocenters. The van der Waals surface area contributed by atoms with Crippen molar-refractivity contribution in [2.45, 2.75) is 26.3 Å². The lowest BCUT2D eigenvalue weighted by Crippen LogP contribution is -2.38. The fourth-order valence-corrected chi connectivity index (χ4v) is 2.55. The fourth-order valence-electron chi connectivity index (χ4n) is 2.55. The molecule has 6 nitrogen and oxygen atoms in total. The summed E-state index contributed by atoms with van der Waals surface area (Å²) in [5.74, 6) is -0.914. The third-order valence-corrected chi connectivity index (χ3v) is 3.86. The first-order valence-electron chi connectivity index (χ1n) is 6.79. The number of hydrogen-bond donors (Lipinski definition) is 1. The molecule has 21 heavy (non-hydrogen) atoms. The molecule has 1 N–H and O–H groups in total. The molecule has 0 bridgehead atoms. The molecule has 2 aromatic rings. The third kappa shape index (κ3) is 2.44. The van der Waals surface area contributed by atoms with Gasteiger partial charge in [-0.25, -0.2) is 4.98 Å². The predicted molar refractivity (Wildman–Crippen MR) is 77.2 cm³/mol. The summed E-state index contributed by atoms with van der Waals surface area (Å²) in [5.41, 5.74) is 3.47. The van der Waals surface area contributed by atoms with E-state index in [-0.39, 0.29) is 0 Å². The molecule has 0 spiro atoms. The average Bonchev–Trinajstić information content (AvgIpc) is 2.48. The van der Waals surface area contributed by atoms with Crippen molar-refractivity contribution in [2.24, 2.45) is 0 Å². The quantitative estimate of drug-likeness (QED) is 0.903. The maximum atomic E-state index is 11.5. The number of aromatic nitrogens is 3. The Labute approximate surface area is 122 Å². The highest BCUT2D eigenvalue weighted by Gasteiger charge is 2.31. The Morgan fingerprint density at radius 1 is 1.24 bits per heavy atom. The van der Waals surface area contributed by atoms with Crippen LogP contribution in [0.25, 0.3) is 0 Å². The van der Waals surface area contributed by atoms with Gasteiger partial charge in [0, 0.05) is 13.1 Å². The fraction of sp³-hybridized carbons (Fsp3) is 0.333. The molecule has 2 heterocycles. The zero-order chi connectivity index (χ0) is 15.0. The van der Waals surface area contributed by atoms with Crippen LogP contribution in [0, 0.1) is 13.8 Å². The Balaban J connectivity index is 1.99. The van der Waals surface area contributed by atoms with Crippen molar-refractivity contribution in [3.63, 3.8) is 0 Å². The van der Waals surface area contributed by atoms with Crippen molar-refractivity contribution >= 4 is 11.9 Å². The van der Waals surface area contributed by atoms with E-state index in [0.717, 1.165) is 22.5 Å². The summed E-state index contributed by atoms with van der Waals surface area (Å²) in [6.45, 7) is 4.69. The van der Waals surface area contributed by atoms with Crippen molar-refractivity contribution in [2.75, 3.05) is 11.4 Å². The maximum absolute atomic E-state index is 11.5. The smallest absolute Gasteiger partial charge is 0.312 e. The molecule has 0 fully saturated rings. The lowest BCUT2D eigenvalue weighted by atomic mass is 9.90. The number of carbonyl (C=O) groups is 1. The van der Waals surface area contributed by atoms with Crippen molar-refractivity contribution in [3.05, 3.63) is 46.8 Å². The van der Waals surface area contributed by atoms with Gasteiger partial charge in [0.05, 0.1) is 17.3 Å². The van der Waals surface area contributed by atoms with Crippen LogP contribution in [0.5, 0.6) is 0 Å². The minimum Gasteiger partial charge on any atom is -0.481 e. The van der Waals surface area contributed by atoms with E-state index in [9.17, 15) is 9.90 Å². The van der Waals surface area contributed by atoms with Crippen LogP contribution in [0.2, 0.25) is 0 Å². The summed E-state index contributed by atoms with van der Waals surface area (Å²) in [7, 11) is 0. The monoisotopic (exact) mass is 284 g/mol. The summed E-state index contributed by atoms with van der Waals surface area (Å²) in [6, 6.07) is 7.62. The summed E-state index contributed by atoms with van der Waals surface area (Å²) in [4.78, 5) is 17.8. The Kier molecular flexibility index (Phi) is 3.29. The first-order valence-corrected chi connectivity index (χ1v) is 6.79. The van der Waals surface area contributed by atoms with Crippen molar-refractivity contribution < 1.29 is 9.90 Å². The van der Waals surface area contributed by atoms with E-state index in [2.05, 4.69) is 15.2 Å². The van der Waals surface area contributed by atoms with E-state index in [4.69, 9.17) is 0 Å². The van der Waals surface area contributed by atoms with Gasteiger partial charge in [0.15, 0.2) is 0 Å². The van der Waals surface area contributed by atoms with Crippen LogP contribution in [-0.4, -0.2) is 32.8 Å². The Morgan fingerprint density at radius 3 is 2.71 bits per heavy atom. The molecule has 0 saturated carbocycles. The maximum Gasteiger partial charge on any atom is 0.312 e. The second-order valence-corrected chi connectivity index (χ2v) is 5.25. The van der Waals surface area contributed by atoms with Gasteiger partial charge in [0.1, 0.15) is 0 Å². The summed E-state index contributed by atoms with van der Waals surface area (Å²) >= 11 is 0. The first kappa shape index (κ1) is 13.5. The number of rotatable bonds is 2. The lowest BCUT2D eigenvalue weighted by Gasteiger charge is -2.32. The molecule has 1 aliphatic heterocycles. The second-order valence-electron chi connectivity index (χ2n) is 5.25. The van der Waals surface area contributed by atoms with Crippen LogP contribution in [-0.2, 0) is 11.3 Å². The van der Waals surface area contributed by atoms with E-state index < -0.39 is 11.9 Å². The van der Waals surface area contributed by atoms with E-state index in [1.165, 1.54) is 0 Å². The van der Waals surface area contributed by atoms with E-state index >= 15 is 0 Å². The van der Waals surface area contributed by atoms with Crippen molar-refractivity contribution in [1.29, 1.82) is 0 Å². The average molecular weight is 284 g/mol. The van der Waals surface area contributed by atoms with Gasteiger partial charge in [-0.15, -0.1) is 5.10 Å². The van der Waals surface area contributed by atoms with Gasteiger partial charge < -0.3 is 10.0 Å². The molecule has 0 radical (unpaired) electrons. The molecule has 1 aromatic carbocycles. The molecule has 6 heteroatoms. The number of carboxylic acid groups (broad SMARTS) is 1. The summed E-state index contributed by atoms with van der Waals surface area (Å²) in [6.07, 6.45) is 0. The second kappa shape index (κ2) is 5.12. The van der Waals surface area contributed by atoms with Crippen LogP contribution >= 0.6 is 0 Å². The molecular formula is C15H16N4O2.